The maximum atomic E-state index is 14.0. The Labute approximate surface area is 230 Å². The lowest BCUT2D eigenvalue weighted by Gasteiger charge is -2.66. The van der Waals surface area contributed by atoms with Crippen molar-refractivity contribution >= 4 is 11.9 Å². The first kappa shape index (κ1) is 26.9. The quantitative estimate of drug-likeness (QED) is 0.388. The summed E-state index contributed by atoms with van der Waals surface area (Å²) in [7, 11) is 1.68. The number of hydrogen-bond acceptors (Lipinski definition) is 5. The van der Waals surface area contributed by atoms with Gasteiger partial charge in [0, 0.05) is 43.0 Å². The number of carbonyl (C=O) groups is 2. The number of carbonyl (C=O) groups excluding carboxylic acids is 1. The maximum Gasteiger partial charge on any atom is 0.309 e. The van der Waals surface area contributed by atoms with E-state index in [1.807, 2.05) is 6.92 Å². The van der Waals surface area contributed by atoms with E-state index in [1.54, 1.807) is 7.11 Å². The smallest absolute Gasteiger partial charge is 0.309 e. The molecular formula is C31H43FN2O5. The van der Waals surface area contributed by atoms with E-state index in [9.17, 15) is 19.1 Å². The minimum atomic E-state index is -1.02. The number of aryl methyl sites for hydroxylation is 1. The fraction of sp³-hybridized carbons (Fsp3) is 0.742. The van der Waals surface area contributed by atoms with Crippen molar-refractivity contribution in [3.8, 4) is 11.5 Å². The predicted octanol–water partition coefficient (Wildman–Crippen LogP) is 4.94. The average Bonchev–Trinajstić information content (AvgIpc) is 3.49. The minimum Gasteiger partial charge on any atom is -0.496 e. The Morgan fingerprint density at radius 1 is 1.05 bits per heavy atom. The molecule has 6 saturated carbocycles. The van der Waals surface area contributed by atoms with Crippen molar-refractivity contribution in [3.05, 3.63) is 23.3 Å². The number of amides is 1. The molecular weight excluding hydrogens is 499 g/mol. The van der Waals surface area contributed by atoms with Gasteiger partial charge in [-0.1, -0.05) is 6.92 Å². The molecule has 4 bridgehead atoms. The van der Waals surface area contributed by atoms with Crippen LogP contribution in [0.2, 0.25) is 0 Å². The van der Waals surface area contributed by atoms with E-state index in [0.717, 1.165) is 61.2 Å². The molecule has 0 aromatic heterocycles. The topological polar surface area (TPSA) is 96.9 Å². The summed E-state index contributed by atoms with van der Waals surface area (Å²) in [4.78, 5) is 25.1. The largest absolute Gasteiger partial charge is 0.496 e. The number of hydrogen-bond donors (Lipinski definition) is 3. The van der Waals surface area contributed by atoms with Gasteiger partial charge >= 0.3 is 5.97 Å². The molecule has 39 heavy (non-hydrogen) atoms. The molecule has 0 heterocycles. The lowest BCUT2D eigenvalue weighted by atomic mass is 9.47. The second-order valence-corrected chi connectivity index (χ2v) is 13.5. The summed E-state index contributed by atoms with van der Waals surface area (Å²) in [5.74, 6) is 1.82. The number of benzene rings is 1. The molecule has 4 atom stereocenters. The molecule has 7 rings (SSSR count). The van der Waals surface area contributed by atoms with Gasteiger partial charge in [0.15, 0.2) is 0 Å². The highest BCUT2D eigenvalue weighted by Crippen LogP contribution is 2.63. The second kappa shape index (κ2) is 9.64. The number of fused-ring (bicyclic) bond motifs is 2. The van der Waals surface area contributed by atoms with E-state index in [1.165, 1.54) is 0 Å². The molecule has 6 aliphatic rings. The van der Waals surface area contributed by atoms with E-state index >= 15 is 0 Å². The van der Waals surface area contributed by atoms with Crippen molar-refractivity contribution in [2.45, 2.75) is 114 Å². The van der Waals surface area contributed by atoms with Crippen molar-refractivity contribution in [2.24, 2.45) is 23.2 Å². The molecule has 0 radical (unpaired) electrons. The number of methoxy groups -OCH3 is 1. The van der Waals surface area contributed by atoms with E-state index in [-0.39, 0.29) is 29.5 Å². The summed E-state index contributed by atoms with van der Waals surface area (Å²) in [6.07, 6.45) is 8.20. The fourth-order valence-corrected chi connectivity index (χ4v) is 8.43. The van der Waals surface area contributed by atoms with Crippen LogP contribution >= 0.6 is 0 Å². The Kier molecular flexibility index (Phi) is 6.63. The first-order chi connectivity index (χ1) is 18.6. The third kappa shape index (κ3) is 4.70. The fourth-order valence-electron chi connectivity index (χ4n) is 8.43. The number of ether oxygens (including phenoxy) is 2. The number of halogens is 1. The van der Waals surface area contributed by atoms with Gasteiger partial charge in [0.2, 0.25) is 5.91 Å². The molecule has 6 fully saturated rings. The van der Waals surface area contributed by atoms with Crippen LogP contribution in [0.5, 0.6) is 11.5 Å². The summed E-state index contributed by atoms with van der Waals surface area (Å²) >= 11 is 0. The molecule has 8 heteroatoms. The first-order valence-electron chi connectivity index (χ1n) is 14.9. The van der Waals surface area contributed by atoms with Gasteiger partial charge in [-0.25, -0.2) is 4.39 Å². The van der Waals surface area contributed by atoms with Crippen LogP contribution < -0.4 is 20.1 Å². The van der Waals surface area contributed by atoms with E-state index in [0.29, 0.717) is 50.5 Å². The van der Waals surface area contributed by atoms with Crippen molar-refractivity contribution < 1.29 is 28.6 Å². The Morgan fingerprint density at radius 2 is 1.72 bits per heavy atom. The van der Waals surface area contributed by atoms with E-state index in [4.69, 9.17) is 9.47 Å². The number of aliphatic carboxylic acids is 1. The van der Waals surface area contributed by atoms with Crippen LogP contribution in [0.4, 0.5) is 4.39 Å². The molecule has 6 aliphatic carbocycles. The molecule has 0 unspecified atom stereocenters. The van der Waals surface area contributed by atoms with Crippen molar-refractivity contribution in [3.63, 3.8) is 0 Å². The van der Waals surface area contributed by atoms with Crippen LogP contribution in [0.15, 0.2) is 12.1 Å². The summed E-state index contributed by atoms with van der Waals surface area (Å²) < 4.78 is 26.3. The van der Waals surface area contributed by atoms with Gasteiger partial charge < -0.3 is 25.2 Å². The summed E-state index contributed by atoms with van der Waals surface area (Å²) in [5, 5.41) is 16.5. The van der Waals surface area contributed by atoms with Crippen molar-refractivity contribution in [2.75, 3.05) is 7.11 Å². The SMILES string of the molecule is CCc1cc(OC)c(CN[C@@H]2[C@H]3CC[C@H](C3)[C@@H]2C(=O)NC23CC(F)(C2)C3)cc1O[C@H]1CC[C@@](C)(C(=O)O)CC1. The zero-order valence-electron chi connectivity index (χ0n) is 23.5. The Hall–Kier alpha value is -2.35. The summed E-state index contributed by atoms with van der Waals surface area (Å²) in [6.45, 7) is 4.49. The summed E-state index contributed by atoms with van der Waals surface area (Å²) in [6, 6.07) is 4.22. The van der Waals surface area contributed by atoms with Gasteiger partial charge in [-0.05, 0) is 87.8 Å². The van der Waals surface area contributed by atoms with Crippen LogP contribution in [-0.2, 0) is 22.6 Å². The number of nitrogens with one attached hydrogen (secondary N) is 2. The maximum absolute atomic E-state index is 14.0. The third-order valence-corrected chi connectivity index (χ3v) is 10.8. The van der Waals surface area contributed by atoms with E-state index < -0.39 is 17.1 Å². The lowest BCUT2D eigenvalue weighted by Crippen LogP contribution is -2.77. The second-order valence-electron chi connectivity index (χ2n) is 13.5. The predicted molar refractivity (Wildman–Crippen MR) is 145 cm³/mol. The third-order valence-electron chi connectivity index (χ3n) is 10.8. The number of carboxylic acid groups (broad SMARTS) is 1. The molecule has 7 nitrogen and oxygen atoms in total. The number of rotatable bonds is 10. The van der Waals surface area contributed by atoms with Crippen LogP contribution in [0.1, 0.15) is 89.2 Å². The van der Waals surface area contributed by atoms with Crippen LogP contribution in [-0.4, -0.2) is 47.4 Å². The van der Waals surface area contributed by atoms with E-state index in [2.05, 4.69) is 29.7 Å². The van der Waals surface area contributed by atoms with Gasteiger partial charge in [-0.15, -0.1) is 0 Å². The van der Waals surface area contributed by atoms with Gasteiger partial charge in [-0.2, -0.15) is 0 Å². The highest BCUT2D eigenvalue weighted by Gasteiger charge is 2.70. The van der Waals surface area contributed by atoms with Crippen LogP contribution in [0.3, 0.4) is 0 Å². The highest BCUT2D eigenvalue weighted by molar-refractivity contribution is 5.82. The standard InChI is InChI=1S/C31H43FN2O5/c1-4-18-12-23(38-3)21(13-24(18)39-22-7-9-29(2,10-8-22)28(36)37)14-33-26-20-6-5-19(11-20)25(26)27(35)34-31-15-30(32,16-31)17-31/h12-13,19-20,22,25-26,33H,4-11,14-17H2,1-3H3,(H,34,35)(H,36,37)/t19-,20+,22-,25+,26-,29+,30?,31?/m1/s1. The summed E-state index contributed by atoms with van der Waals surface area (Å²) in [5.41, 5.74) is 0.0940. The molecule has 0 saturated heterocycles. The molecule has 1 amide bonds. The molecule has 1 aromatic carbocycles. The highest BCUT2D eigenvalue weighted by atomic mass is 19.1. The van der Waals surface area contributed by atoms with Crippen molar-refractivity contribution in [1.29, 1.82) is 0 Å². The van der Waals surface area contributed by atoms with Gasteiger partial charge in [-0.3, -0.25) is 9.59 Å². The Bertz CT molecular complexity index is 1130. The first-order valence-corrected chi connectivity index (χ1v) is 14.9. The van der Waals surface area contributed by atoms with Crippen molar-refractivity contribution in [1.82, 2.24) is 10.6 Å². The molecule has 0 aliphatic heterocycles. The Balaban J connectivity index is 1.14. The lowest BCUT2D eigenvalue weighted by molar-refractivity contribution is -0.177. The minimum absolute atomic E-state index is 0.00369. The monoisotopic (exact) mass is 542 g/mol. The molecule has 214 valence electrons. The van der Waals surface area contributed by atoms with Gasteiger partial charge in [0.1, 0.15) is 17.2 Å². The molecule has 3 N–H and O–H groups in total. The molecule has 0 spiro atoms. The normalized spacial score (nSPS) is 39.9. The number of carboxylic acids is 1. The van der Waals surface area contributed by atoms with Crippen LogP contribution in [0.25, 0.3) is 0 Å². The zero-order chi connectivity index (χ0) is 27.6. The average molecular weight is 543 g/mol. The van der Waals surface area contributed by atoms with Gasteiger partial charge in [0.05, 0.1) is 24.5 Å². The number of alkyl halides is 1. The van der Waals surface area contributed by atoms with Gasteiger partial charge in [0.25, 0.3) is 0 Å². The molecule has 1 aromatic rings. The Morgan fingerprint density at radius 3 is 2.33 bits per heavy atom. The zero-order valence-corrected chi connectivity index (χ0v) is 23.5. The van der Waals surface area contributed by atoms with Crippen LogP contribution in [0, 0.1) is 23.2 Å².